The molecular weight excluding hydrogens is 180 g/mol. The third kappa shape index (κ3) is 3.20. The lowest BCUT2D eigenvalue weighted by Crippen LogP contribution is -2.58. The number of ether oxygens (including phenoxy) is 2. The SMILES string of the molecule is COCCN(C)C(C)(CN)C(C)OC. The van der Waals surface area contributed by atoms with Gasteiger partial charge in [-0.2, -0.15) is 0 Å². The van der Waals surface area contributed by atoms with Crippen molar-refractivity contribution in [1.29, 1.82) is 0 Å². The fraction of sp³-hybridized carbons (Fsp3) is 1.00. The van der Waals surface area contributed by atoms with Crippen LogP contribution in [0, 0.1) is 0 Å². The Kier molecular flexibility index (Phi) is 6.27. The topological polar surface area (TPSA) is 47.7 Å². The van der Waals surface area contributed by atoms with E-state index in [0.29, 0.717) is 13.2 Å². The van der Waals surface area contributed by atoms with Crippen molar-refractivity contribution in [2.45, 2.75) is 25.5 Å². The summed E-state index contributed by atoms with van der Waals surface area (Å²) in [6.07, 6.45) is 0.106. The summed E-state index contributed by atoms with van der Waals surface area (Å²) in [7, 11) is 5.46. The largest absolute Gasteiger partial charge is 0.383 e. The van der Waals surface area contributed by atoms with Gasteiger partial charge in [0.1, 0.15) is 0 Å². The molecule has 2 N–H and O–H groups in total. The lowest BCUT2D eigenvalue weighted by atomic mass is 9.94. The summed E-state index contributed by atoms with van der Waals surface area (Å²) in [5.41, 5.74) is 5.66. The van der Waals surface area contributed by atoms with E-state index in [0.717, 1.165) is 6.54 Å². The smallest absolute Gasteiger partial charge is 0.0736 e. The monoisotopic (exact) mass is 204 g/mol. The van der Waals surface area contributed by atoms with Crippen molar-refractivity contribution in [3.05, 3.63) is 0 Å². The second kappa shape index (κ2) is 6.35. The van der Waals surface area contributed by atoms with Crippen molar-refractivity contribution in [3.8, 4) is 0 Å². The van der Waals surface area contributed by atoms with Crippen LogP contribution >= 0.6 is 0 Å². The molecule has 4 nitrogen and oxygen atoms in total. The molecule has 0 heterocycles. The first-order valence-electron chi connectivity index (χ1n) is 4.96. The summed E-state index contributed by atoms with van der Waals surface area (Å²) in [6.45, 7) is 6.29. The summed E-state index contributed by atoms with van der Waals surface area (Å²) in [5, 5.41) is 0. The first-order valence-corrected chi connectivity index (χ1v) is 4.96. The van der Waals surface area contributed by atoms with Crippen LogP contribution in [0.25, 0.3) is 0 Å². The summed E-state index contributed by atoms with van der Waals surface area (Å²) in [6, 6.07) is 0. The average molecular weight is 204 g/mol. The van der Waals surface area contributed by atoms with E-state index in [-0.39, 0.29) is 11.6 Å². The number of methoxy groups -OCH3 is 2. The molecule has 14 heavy (non-hydrogen) atoms. The van der Waals surface area contributed by atoms with E-state index in [4.69, 9.17) is 15.2 Å². The Bertz CT molecular complexity index is 155. The highest BCUT2D eigenvalue weighted by molar-refractivity contribution is 4.91. The van der Waals surface area contributed by atoms with Gasteiger partial charge in [-0.1, -0.05) is 0 Å². The Morgan fingerprint density at radius 1 is 1.43 bits per heavy atom. The molecule has 0 aromatic carbocycles. The number of nitrogens with zero attached hydrogens (tertiary/aromatic N) is 1. The molecule has 0 amide bonds. The number of hydrogen-bond acceptors (Lipinski definition) is 4. The van der Waals surface area contributed by atoms with Crippen LogP contribution in [0.4, 0.5) is 0 Å². The Hall–Kier alpha value is -0.160. The molecule has 2 atom stereocenters. The maximum atomic E-state index is 5.79. The molecule has 0 spiro atoms. The van der Waals surface area contributed by atoms with Gasteiger partial charge in [0.2, 0.25) is 0 Å². The van der Waals surface area contributed by atoms with Gasteiger partial charge in [-0.15, -0.1) is 0 Å². The minimum absolute atomic E-state index is 0.106. The van der Waals surface area contributed by atoms with E-state index in [2.05, 4.69) is 11.8 Å². The van der Waals surface area contributed by atoms with Crippen LogP contribution < -0.4 is 5.73 Å². The molecule has 4 heteroatoms. The third-order valence-corrected chi connectivity index (χ3v) is 3.15. The van der Waals surface area contributed by atoms with E-state index < -0.39 is 0 Å². The summed E-state index contributed by atoms with van der Waals surface area (Å²) < 4.78 is 10.4. The normalized spacial score (nSPS) is 18.2. The van der Waals surface area contributed by atoms with Crippen LogP contribution in [-0.4, -0.2) is 57.5 Å². The van der Waals surface area contributed by atoms with Crippen molar-refractivity contribution in [1.82, 2.24) is 4.90 Å². The number of hydrogen-bond donors (Lipinski definition) is 1. The summed E-state index contributed by atoms with van der Waals surface area (Å²) in [4.78, 5) is 2.19. The van der Waals surface area contributed by atoms with E-state index in [9.17, 15) is 0 Å². The Morgan fingerprint density at radius 2 is 2.00 bits per heavy atom. The third-order valence-electron chi connectivity index (χ3n) is 3.15. The van der Waals surface area contributed by atoms with Gasteiger partial charge in [-0.05, 0) is 20.9 Å². The summed E-state index contributed by atoms with van der Waals surface area (Å²) >= 11 is 0. The molecule has 0 aliphatic rings. The zero-order chi connectivity index (χ0) is 11.2. The molecule has 0 radical (unpaired) electrons. The minimum atomic E-state index is -0.132. The molecule has 0 saturated heterocycles. The first kappa shape index (κ1) is 13.8. The summed E-state index contributed by atoms with van der Waals surface area (Å²) in [5.74, 6) is 0. The molecule has 0 fully saturated rings. The van der Waals surface area contributed by atoms with Crippen LogP contribution in [0.3, 0.4) is 0 Å². The maximum absolute atomic E-state index is 5.79. The average Bonchev–Trinajstić information content (AvgIpc) is 2.23. The van der Waals surface area contributed by atoms with E-state index in [1.165, 1.54) is 0 Å². The number of nitrogens with two attached hydrogens (primary N) is 1. The van der Waals surface area contributed by atoms with Gasteiger partial charge >= 0.3 is 0 Å². The fourth-order valence-corrected chi connectivity index (χ4v) is 1.37. The molecule has 0 aliphatic heterocycles. The molecule has 0 aromatic rings. The van der Waals surface area contributed by atoms with Crippen molar-refractivity contribution in [3.63, 3.8) is 0 Å². The number of rotatable bonds is 7. The Morgan fingerprint density at radius 3 is 2.36 bits per heavy atom. The van der Waals surface area contributed by atoms with Gasteiger partial charge in [-0.25, -0.2) is 0 Å². The minimum Gasteiger partial charge on any atom is -0.383 e. The van der Waals surface area contributed by atoms with Crippen LogP contribution in [0.2, 0.25) is 0 Å². The lowest BCUT2D eigenvalue weighted by Gasteiger charge is -2.41. The van der Waals surface area contributed by atoms with Gasteiger partial charge in [0.05, 0.1) is 18.2 Å². The van der Waals surface area contributed by atoms with E-state index in [1.807, 2.05) is 14.0 Å². The lowest BCUT2D eigenvalue weighted by molar-refractivity contribution is -0.0266. The zero-order valence-corrected chi connectivity index (χ0v) is 10.0. The highest BCUT2D eigenvalue weighted by Gasteiger charge is 2.33. The van der Waals surface area contributed by atoms with Gasteiger partial charge in [0, 0.05) is 27.3 Å². The van der Waals surface area contributed by atoms with Crippen molar-refractivity contribution in [2.75, 3.05) is 41.0 Å². The van der Waals surface area contributed by atoms with Crippen molar-refractivity contribution < 1.29 is 9.47 Å². The van der Waals surface area contributed by atoms with Gasteiger partial charge < -0.3 is 15.2 Å². The van der Waals surface area contributed by atoms with Crippen LogP contribution in [0.5, 0.6) is 0 Å². The molecule has 0 rings (SSSR count). The Balaban J connectivity index is 4.34. The highest BCUT2D eigenvalue weighted by atomic mass is 16.5. The van der Waals surface area contributed by atoms with Crippen LogP contribution in [0.15, 0.2) is 0 Å². The first-order chi connectivity index (χ1) is 6.52. The molecular formula is C10H24N2O2. The predicted molar refractivity (Wildman–Crippen MR) is 58.4 cm³/mol. The number of likely N-dealkylation sites (N-methyl/N-ethyl adjacent to an activating group) is 1. The standard InChI is InChI=1S/C10H24N2O2/c1-9(14-5)10(2,8-11)12(3)6-7-13-4/h9H,6-8,11H2,1-5H3. The second-order valence-corrected chi connectivity index (χ2v) is 3.85. The maximum Gasteiger partial charge on any atom is 0.0736 e. The molecule has 0 bridgehead atoms. The van der Waals surface area contributed by atoms with Crippen molar-refractivity contribution in [2.24, 2.45) is 5.73 Å². The Labute approximate surface area is 87.4 Å². The van der Waals surface area contributed by atoms with Gasteiger partial charge in [-0.3, -0.25) is 4.90 Å². The quantitative estimate of drug-likeness (QED) is 0.648. The van der Waals surface area contributed by atoms with E-state index >= 15 is 0 Å². The van der Waals surface area contributed by atoms with E-state index in [1.54, 1.807) is 14.2 Å². The fourth-order valence-electron chi connectivity index (χ4n) is 1.37. The van der Waals surface area contributed by atoms with Crippen LogP contribution in [-0.2, 0) is 9.47 Å². The molecule has 2 unspecified atom stereocenters. The second-order valence-electron chi connectivity index (χ2n) is 3.85. The van der Waals surface area contributed by atoms with Crippen LogP contribution in [0.1, 0.15) is 13.8 Å². The molecule has 86 valence electrons. The zero-order valence-electron chi connectivity index (χ0n) is 10.0. The molecule has 0 saturated carbocycles. The predicted octanol–water partition coefficient (Wildman–Crippen LogP) is 0.317. The molecule has 0 aromatic heterocycles. The van der Waals surface area contributed by atoms with Crippen molar-refractivity contribution >= 4 is 0 Å². The van der Waals surface area contributed by atoms with Gasteiger partial charge in [0.25, 0.3) is 0 Å². The highest BCUT2D eigenvalue weighted by Crippen LogP contribution is 2.18. The van der Waals surface area contributed by atoms with Gasteiger partial charge in [0.15, 0.2) is 0 Å². The molecule has 0 aliphatic carbocycles.